The first-order chi connectivity index (χ1) is 17.7. The van der Waals surface area contributed by atoms with E-state index in [1.54, 1.807) is 14.0 Å². The van der Waals surface area contributed by atoms with Crippen LogP contribution in [-0.4, -0.2) is 89.3 Å². The number of benzene rings is 1. The summed E-state index contributed by atoms with van der Waals surface area (Å²) < 4.78 is 11.9. The molecule has 37 heavy (non-hydrogen) atoms. The number of methoxy groups -OCH3 is 1. The molecule has 1 saturated carbocycles. The molecule has 2 saturated heterocycles. The Balaban J connectivity index is 1.30. The number of aromatic nitrogens is 1. The lowest BCUT2D eigenvalue weighted by Gasteiger charge is -2.40. The van der Waals surface area contributed by atoms with E-state index in [2.05, 4.69) is 22.0 Å². The number of anilines is 1. The Bertz CT molecular complexity index is 1120. The van der Waals surface area contributed by atoms with Gasteiger partial charge in [-0.3, -0.25) is 4.79 Å². The number of ether oxygens (including phenoxy) is 2. The molecule has 1 aliphatic carbocycles. The fourth-order valence-electron chi connectivity index (χ4n) is 5.51. The third-order valence-electron chi connectivity index (χ3n) is 8.33. The smallest absolute Gasteiger partial charge is 0.253 e. The number of carbonyl (C=O) groups excluding carboxylic acids is 1. The van der Waals surface area contributed by atoms with Crippen LogP contribution in [0.2, 0.25) is 0 Å². The van der Waals surface area contributed by atoms with E-state index >= 15 is 0 Å². The van der Waals surface area contributed by atoms with E-state index < -0.39 is 30.1 Å². The van der Waals surface area contributed by atoms with Crippen molar-refractivity contribution in [3.05, 3.63) is 47.7 Å². The summed E-state index contributed by atoms with van der Waals surface area (Å²) in [5, 5.41) is 29.8. The SMILES string of the molecule is COc1ccc([C@@H]2CN(C(=O)[C@@H](O)CO)CC2(C)[C@@H](C)O)cc1OC1CN(c2ccc(C3CC3)cn2)C1. The molecule has 9 heteroatoms. The molecule has 0 bridgehead atoms. The average Bonchev–Trinajstić information content (AvgIpc) is 3.67. The van der Waals surface area contributed by atoms with E-state index in [0.29, 0.717) is 24.0 Å². The summed E-state index contributed by atoms with van der Waals surface area (Å²) >= 11 is 0. The fraction of sp³-hybridized carbons (Fsp3) is 0.571. The van der Waals surface area contributed by atoms with Gasteiger partial charge in [0.2, 0.25) is 0 Å². The third-order valence-corrected chi connectivity index (χ3v) is 8.33. The van der Waals surface area contributed by atoms with Gasteiger partial charge in [0, 0.05) is 30.6 Å². The van der Waals surface area contributed by atoms with E-state index in [1.807, 2.05) is 31.3 Å². The first-order valence-corrected chi connectivity index (χ1v) is 13.0. The molecule has 2 aliphatic heterocycles. The Kier molecular flexibility index (Phi) is 7.04. The van der Waals surface area contributed by atoms with Crippen molar-refractivity contribution in [1.82, 2.24) is 9.88 Å². The van der Waals surface area contributed by atoms with Crippen LogP contribution in [0.4, 0.5) is 5.82 Å². The van der Waals surface area contributed by atoms with E-state index in [-0.39, 0.29) is 18.6 Å². The molecule has 3 N–H and O–H groups in total. The van der Waals surface area contributed by atoms with Crippen molar-refractivity contribution in [2.45, 2.75) is 56.8 Å². The summed E-state index contributed by atoms with van der Waals surface area (Å²) in [6, 6.07) is 9.99. The predicted molar refractivity (Wildman–Crippen MR) is 138 cm³/mol. The molecule has 5 rings (SSSR count). The van der Waals surface area contributed by atoms with Crippen LogP contribution in [0.15, 0.2) is 36.5 Å². The van der Waals surface area contributed by atoms with E-state index in [4.69, 9.17) is 9.47 Å². The number of likely N-dealkylation sites (tertiary alicyclic amines) is 1. The van der Waals surface area contributed by atoms with Crippen LogP contribution < -0.4 is 14.4 Å². The van der Waals surface area contributed by atoms with Gasteiger partial charge >= 0.3 is 0 Å². The molecule has 1 aromatic heterocycles. The number of aliphatic hydroxyl groups excluding tert-OH is 3. The number of hydrogen-bond donors (Lipinski definition) is 3. The lowest BCUT2D eigenvalue weighted by molar-refractivity contribution is -0.141. The second kappa shape index (κ2) is 10.1. The summed E-state index contributed by atoms with van der Waals surface area (Å²) in [5.74, 6) is 2.16. The Labute approximate surface area is 217 Å². The predicted octanol–water partition coefficient (Wildman–Crippen LogP) is 1.90. The van der Waals surface area contributed by atoms with Crippen molar-refractivity contribution < 1.29 is 29.6 Å². The molecule has 3 aliphatic rings. The molecule has 0 radical (unpaired) electrons. The van der Waals surface area contributed by atoms with Crippen molar-refractivity contribution in [2.75, 3.05) is 44.8 Å². The highest BCUT2D eigenvalue weighted by Crippen LogP contribution is 2.47. The summed E-state index contributed by atoms with van der Waals surface area (Å²) in [5.41, 5.74) is 1.60. The van der Waals surface area contributed by atoms with Crippen molar-refractivity contribution in [2.24, 2.45) is 5.41 Å². The summed E-state index contributed by atoms with van der Waals surface area (Å²) in [7, 11) is 1.60. The molecule has 1 amide bonds. The van der Waals surface area contributed by atoms with Gasteiger partial charge in [0.05, 0.1) is 32.9 Å². The maximum Gasteiger partial charge on any atom is 0.253 e. The molecule has 3 heterocycles. The highest BCUT2D eigenvalue weighted by Gasteiger charge is 2.49. The Morgan fingerprint density at radius 2 is 1.86 bits per heavy atom. The maximum atomic E-state index is 12.6. The van der Waals surface area contributed by atoms with Crippen molar-refractivity contribution in [3.63, 3.8) is 0 Å². The van der Waals surface area contributed by atoms with Crippen molar-refractivity contribution >= 4 is 11.7 Å². The van der Waals surface area contributed by atoms with Gasteiger partial charge in [0.25, 0.3) is 5.91 Å². The topological polar surface area (TPSA) is 116 Å². The summed E-state index contributed by atoms with van der Waals surface area (Å²) in [6.45, 7) is 5.07. The minimum Gasteiger partial charge on any atom is -0.493 e. The lowest BCUT2D eigenvalue weighted by atomic mass is 9.72. The Hall–Kier alpha value is -2.88. The summed E-state index contributed by atoms with van der Waals surface area (Å²) in [4.78, 5) is 20.9. The molecular weight excluding hydrogens is 474 g/mol. The minimum absolute atomic E-state index is 0.0152. The number of pyridine rings is 1. The van der Waals surface area contributed by atoms with E-state index in [0.717, 1.165) is 24.5 Å². The van der Waals surface area contributed by atoms with Crippen LogP contribution in [0.5, 0.6) is 11.5 Å². The van der Waals surface area contributed by atoms with Crippen LogP contribution in [-0.2, 0) is 4.79 Å². The molecule has 9 nitrogen and oxygen atoms in total. The standard InChI is InChI=1S/C28H37N3O6/c1-17(33)28(2)16-31(27(35)23(34)15-32)14-22(28)19-6-8-24(36-3)25(10-19)37-21-12-30(13-21)26-9-7-20(11-29-26)18-4-5-18/h6-11,17-18,21-23,32-34H,4-5,12-16H2,1-3H3/t17-,22+,23+,28?/m1/s1. The highest BCUT2D eigenvalue weighted by molar-refractivity contribution is 5.81. The number of aliphatic hydroxyl groups is 3. The quantitative estimate of drug-likeness (QED) is 0.468. The first-order valence-electron chi connectivity index (χ1n) is 13.0. The molecule has 0 spiro atoms. The Morgan fingerprint density at radius 3 is 2.46 bits per heavy atom. The molecule has 1 unspecified atom stereocenters. The average molecular weight is 512 g/mol. The van der Waals surface area contributed by atoms with Gasteiger partial charge in [-0.1, -0.05) is 19.1 Å². The molecule has 4 atom stereocenters. The normalized spacial score (nSPS) is 25.5. The highest BCUT2D eigenvalue weighted by atomic mass is 16.5. The maximum absolute atomic E-state index is 12.6. The number of nitrogens with zero attached hydrogens (tertiary/aromatic N) is 3. The molecule has 3 fully saturated rings. The van der Waals surface area contributed by atoms with Crippen molar-refractivity contribution in [1.29, 1.82) is 0 Å². The van der Waals surface area contributed by atoms with E-state index in [1.165, 1.54) is 23.3 Å². The van der Waals surface area contributed by atoms with Crippen LogP contribution in [0, 0.1) is 5.41 Å². The van der Waals surface area contributed by atoms with Gasteiger partial charge in [-0.25, -0.2) is 4.98 Å². The van der Waals surface area contributed by atoms with Crippen LogP contribution >= 0.6 is 0 Å². The second-order valence-electron chi connectivity index (χ2n) is 10.9. The van der Waals surface area contributed by atoms with Crippen molar-refractivity contribution in [3.8, 4) is 11.5 Å². The number of carbonyl (C=O) groups is 1. The zero-order valence-electron chi connectivity index (χ0n) is 21.7. The Morgan fingerprint density at radius 1 is 1.14 bits per heavy atom. The number of amides is 1. The van der Waals surface area contributed by atoms with Gasteiger partial charge in [-0.05, 0) is 55.0 Å². The first kappa shape index (κ1) is 25.8. The number of rotatable bonds is 9. The second-order valence-corrected chi connectivity index (χ2v) is 10.9. The lowest BCUT2D eigenvalue weighted by Crippen LogP contribution is -2.54. The molecule has 200 valence electrons. The van der Waals surface area contributed by atoms with Crippen LogP contribution in [0.25, 0.3) is 0 Å². The molecular formula is C28H37N3O6. The molecule has 1 aromatic carbocycles. The third kappa shape index (κ3) is 5.00. The largest absolute Gasteiger partial charge is 0.493 e. The summed E-state index contributed by atoms with van der Waals surface area (Å²) in [6.07, 6.45) is 2.33. The van der Waals surface area contributed by atoms with Gasteiger partial charge < -0.3 is 34.6 Å². The fourth-order valence-corrected chi connectivity index (χ4v) is 5.51. The van der Waals surface area contributed by atoms with Gasteiger partial charge in [0.1, 0.15) is 11.9 Å². The minimum atomic E-state index is -1.47. The van der Waals surface area contributed by atoms with Gasteiger partial charge in [-0.2, -0.15) is 0 Å². The zero-order valence-corrected chi connectivity index (χ0v) is 21.7. The van der Waals surface area contributed by atoms with E-state index in [9.17, 15) is 20.1 Å². The monoisotopic (exact) mass is 511 g/mol. The zero-order chi connectivity index (χ0) is 26.3. The van der Waals surface area contributed by atoms with Crippen LogP contribution in [0.1, 0.15) is 49.7 Å². The van der Waals surface area contributed by atoms with Crippen LogP contribution in [0.3, 0.4) is 0 Å². The van der Waals surface area contributed by atoms with Gasteiger partial charge in [-0.15, -0.1) is 0 Å². The molecule has 2 aromatic rings. The number of hydrogen-bond acceptors (Lipinski definition) is 8. The van der Waals surface area contributed by atoms with Gasteiger partial charge in [0.15, 0.2) is 17.6 Å².